The van der Waals surface area contributed by atoms with E-state index in [1.54, 1.807) is 6.92 Å². The lowest BCUT2D eigenvalue weighted by Crippen LogP contribution is -2.53. The van der Waals surface area contributed by atoms with Crippen molar-refractivity contribution < 1.29 is 33.0 Å². The van der Waals surface area contributed by atoms with Crippen molar-refractivity contribution in [2.45, 2.75) is 25.6 Å². The number of carbonyl (C=O) groups excluding carboxylic acids is 1. The standard InChI is InChI=1S/C11H17F3N2O4/c1-7-2-3-15(4-8(7)17)10(20)16(5-9(18)19)6-11(12,13)14/h7-8,17H,2-6H2,1H3,(H,18,19). The minimum atomic E-state index is -4.67. The Morgan fingerprint density at radius 1 is 1.40 bits per heavy atom. The van der Waals surface area contributed by atoms with Gasteiger partial charge in [0.15, 0.2) is 0 Å². The minimum Gasteiger partial charge on any atom is -0.480 e. The fourth-order valence-corrected chi connectivity index (χ4v) is 1.99. The molecule has 0 radical (unpaired) electrons. The van der Waals surface area contributed by atoms with Crippen LogP contribution in [0.1, 0.15) is 13.3 Å². The second-order valence-electron chi connectivity index (χ2n) is 4.93. The average Bonchev–Trinajstić information content (AvgIpc) is 2.28. The lowest BCUT2D eigenvalue weighted by Gasteiger charge is -2.37. The molecule has 0 aliphatic carbocycles. The highest BCUT2D eigenvalue weighted by molar-refractivity contribution is 5.80. The zero-order valence-electron chi connectivity index (χ0n) is 10.9. The Hall–Kier alpha value is -1.51. The van der Waals surface area contributed by atoms with Crippen LogP contribution in [0.3, 0.4) is 0 Å². The molecule has 2 amide bonds. The molecule has 2 atom stereocenters. The Morgan fingerprint density at radius 3 is 2.45 bits per heavy atom. The van der Waals surface area contributed by atoms with E-state index in [9.17, 15) is 27.9 Å². The molecule has 0 bridgehead atoms. The Bertz CT molecular complexity index is 375. The molecular weight excluding hydrogens is 281 g/mol. The number of aliphatic hydroxyl groups is 1. The molecule has 2 N–H and O–H groups in total. The first-order valence-corrected chi connectivity index (χ1v) is 6.10. The maximum absolute atomic E-state index is 12.4. The molecule has 116 valence electrons. The number of halogens is 3. The van der Waals surface area contributed by atoms with Crippen molar-refractivity contribution in [1.82, 2.24) is 9.80 Å². The summed E-state index contributed by atoms with van der Waals surface area (Å²) in [6.07, 6.45) is -5.03. The van der Waals surface area contributed by atoms with Gasteiger partial charge in [0.2, 0.25) is 0 Å². The number of piperidine rings is 1. The van der Waals surface area contributed by atoms with Crippen molar-refractivity contribution in [1.29, 1.82) is 0 Å². The first-order chi connectivity index (χ1) is 9.10. The van der Waals surface area contributed by atoms with Crippen molar-refractivity contribution >= 4 is 12.0 Å². The van der Waals surface area contributed by atoms with Crippen molar-refractivity contribution in [3.63, 3.8) is 0 Å². The minimum absolute atomic E-state index is 0.0467. The molecule has 1 aliphatic rings. The third-order valence-electron chi connectivity index (χ3n) is 3.16. The van der Waals surface area contributed by atoms with Crippen LogP contribution < -0.4 is 0 Å². The quantitative estimate of drug-likeness (QED) is 0.806. The first-order valence-electron chi connectivity index (χ1n) is 6.10. The van der Waals surface area contributed by atoms with Crippen LogP contribution in [0.2, 0.25) is 0 Å². The lowest BCUT2D eigenvalue weighted by atomic mass is 9.96. The summed E-state index contributed by atoms with van der Waals surface area (Å²) in [5, 5.41) is 18.2. The number of carboxylic acids is 1. The number of hydrogen-bond donors (Lipinski definition) is 2. The number of alkyl halides is 3. The smallest absolute Gasteiger partial charge is 0.406 e. The lowest BCUT2D eigenvalue weighted by molar-refractivity contribution is -0.150. The molecule has 1 saturated heterocycles. The fourth-order valence-electron chi connectivity index (χ4n) is 1.99. The second-order valence-corrected chi connectivity index (χ2v) is 4.93. The topological polar surface area (TPSA) is 81.1 Å². The number of amides is 2. The number of rotatable bonds is 3. The van der Waals surface area contributed by atoms with Gasteiger partial charge in [-0.2, -0.15) is 13.2 Å². The van der Waals surface area contributed by atoms with Gasteiger partial charge in [0, 0.05) is 13.1 Å². The number of nitrogens with zero attached hydrogens (tertiary/aromatic N) is 2. The molecule has 0 aromatic rings. The van der Waals surface area contributed by atoms with Gasteiger partial charge >= 0.3 is 18.2 Å². The van der Waals surface area contributed by atoms with Crippen LogP contribution in [-0.2, 0) is 4.79 Å². The maximum Gasteiger partial charge on any atom is 0.406 e. The van der Waals surface area contributed by atoms with Crippen molar-refractivity contribution in [2.24, 2.45) is 5.92 Å². The average molecular weight is 298 g/mol. The van der Waals surface area contributed by atoms with Crippen molar-refractivity contribution in [3.8, 4) is 0 Å². The van der Waals surface area contributed by atoms with Crippen molar-refractivity contribution in [2.75, 3.05) is 26.2 Å². The SMILES string of the molecule is CC1CCN(C(=O)N(CC(=O)O)CC(F)(F)F)CC1O. The van der Waals surface area contributed by atoms with Crippen LogP contribution in [0.5, 0.6) is 0 Å². The summed E-state index contributed by atoms with van der Waals surface area (Å²) in [6, 6.07) is -1.02. The largest absolute Gasteiger partial charge is 0.480 e. The van der Waals surface area contributed by atoms with Gasteiger partial charge in [-0.15, -0.1) is 0 Å². The zero-order valence-corrected chi connectivity index (χ0v) is 10.9. The van der Waals surface area contributed by atoms with E-state index in [1.807, 2.05) is 0 Å². The summed E-state index contributed by atoms with van der Waals surface area (Å²) >= 11 is 0. The van der Waals surface area contributed by atoms with Gasteiger partial charge in [0.1, 0.15) is 13.1 Å². The van der Waals surface area contributed by atoms with E-state index in [0.29, 0.717) is 6.42 Å². The molecule has 1 fully saturated rings. The van der Waals surface area contributed by atoms with Crippen LogP contribution in [0.15, 0.2) is 0 Å². The number of carboxylic acid groups (broad SMARTS) is 1. The van der Waals surface area contributed by atoms with Crippen LogP contribution in [0, 0.1) is 5.92 Å². The number of aliphatic carboxylic acids is 1. The van der Waals surface area contributed by atoms with E-state index < -0.39 is 37.4 Å². The highest BCUT2D eigenvalue weighted by Gasteiger charge is 2.37. The molecule has 0 aromatic heterocycles. The van der Waals surface area contributed by atoms with Crippen LogP contribution in [-0.4, -0.2) is 70.5 Å². The van der Waals surface area contributed by atoms with Gasteiger partial charge in [-0.3, -0.25) is 4.79 Å². The number of hydrogen-bond acceptors (Lipinski definition) is 3. The highest BCUT2D eigenvalue weighted by atomic mass is 19.4. The molecular formula is C11H17F3N2O4. The van der Waals surface area contributed by atoms with Gasteiger partial charge in [-0.1, -0.05) is 6.92 Å². The number of β-amino-alcohol motifs (C(OH)–C–C–N with tert-alkyl or cyclic N) is 1. The summed E-state index contributed by atoms with van der Waals surface area (Å²) in [5.41, 5.74) is 0. The molecule has 1 rings (SSSR count). The molecule has 2 unspecified atom stereocenters. The number of likely N-dealkylation sites (tertiary alicyclic amines) is 1. The van der Waals surface area contributed by atoms with Crippen molar-refractivity contribution in [3.05, 3.63) is 0 Å². The predicted octanol–water partition coefficient (Wildman–Crippen LogP) is 0.758. The monoisotopic (exact) mass is 298 g/mol. The molecule has 20 heavy (non-hydrogen) atoms. The molecule has 0 spiro atoms. The van der Waals surface area contributed by atoms with E-state index in [0.717, 1.165) is 4.90 Å². The highest BCUT2D eigenvalue weighted by Crippen LogP contribution is 2.21. The van der Waals surface area contributed by atoms with E-state index in [1.165, 1.54) is 0 Å². The van der Waals surface area contributed by atoms with E-state index in [4.69, 9.17) is 5.11 Å². The first kappa shape index (κ1) is 16.5. The molecule has 0 saturated carbocycles. The number of carbonyl (C=O) groups is 2. The van der Waals surface area contributed by atoms with Crippen LogP contribution in [0.4, 0.5) is 18.0 Å². The third-order valence-corrected chi connectivity index (χ3v) is 3.16. The zero-order chi connectivity index (χ0) is 15.5. The summed E-state index contributed by atoms with van der Waals surface area (Å²) < 4.78 is 37.1. The molecule has 1 heterocycles. The number of urea groups is 1. The Labute approximate surface area is 113 Å². The summed E-state index contributed by atoms with van der Waals surface area (Å²) in [5.74, 6) is -1.57. The van der Waals surface area contributed by atoms with E-state index >= 15 is 0 Å². The van der Waals surface area contributed by atoms with Crippen LogP contribution in [0.25, 0.3) is 0 Å². The Morgan fingerprint density at radius 2 is 2.00 bits per heavy atom. The summed E-state index contributed by atoms with van der Waals surface area (Å²) in [6.45, 7) is -0.767. The molecule has 0 aromatic carbocycles. The third kappa shape index (κ3) is 4.87. The predicted molar refractivity (Wildman–Crippen MR) is 62.0 cm³/mol. The maximum atomic E-state index is 12.4. The molecule has 6 nitrogen and oxygen atoms in total. The van der Waals surface area contributed by atoms with Crippen LogP contribution >= 0.6 is 0 Å². The molecule has 9 heteroatoms. The van der Waals surface area contributed by atoms with Gasteiger partial charge in [0.05, 0.1) is 6.10 Å². The Balaban J connectivity index is 2.74. The normalized spacial score (nSPS) is 23.6. The van der Waals surface area contributed by atoms with Gasteiger partial charge in [-0.25, -0.2) is 4.79 Å². The van der Waals surface area contributed by atoms with Gasteiger partial charge in [-0.05, 0) is 12.3 Å². The second kappa shape index (κ2) is 6.29. The summed E-state index contributed by atoms with van der Waals surface area (Å²) in [7, 11) is 0. The molecule has 1 aliphatic heterocycles. The Kier molecular flexibility index (Phi) is 5.21. The number of aliphatic hydroxyl groups excluding tert-OH is 1. The van der Waals surface area contributed by atoms with Gasteiger partial charge in [0.25, 0.3) is 0 Å². The summed E-state index contributed by atoms with van der Waals surface area (Å²) in [4.78, 5) is 23.8. The van der Waals surface area contributed by atoms with E-state index in [2.05, 4.69) is 0 Å². The van der Waals surface area contributed by atoms with Gasteiger partial charge < -0.3 is 20.0 Å². The van der Waals surface area contributed by atoms with E-state index in [-0.39, 0.29) is 23.9 Å². The fraction of sp³-hybridized carbons (Fsp3) is 0.818.